The molecule has 0 aliphatic carbocycles. The van der Waals surface area contributed by atoms with Gasteiger partial charge < -0.3 is 5.32 Å². The smallest absolute Gasteiger partial charge is 0.235 e. The Balaban J connectivity index is 1.98. The summed E-state index contributed by atoms with van der Waals surface area (Å²) >= 11 is 0. The molecule has 1 aromatic carbocycles. The van der Waals surface area contributed by atoms with Gasteiger partial charge in [-0.3, -0.25) is 4.72 Å². The molecule has 1 heterocycles. The third-order valence-electron chi connectivity index (χ3n) is 3.76. The molecule has 0 unspecified atom stereocenters. The first-order chi connectivity index (χ1) is 9.62. The number of hydrogen-bond donors (Lipinski definition) is 2. The first-order valence-electron chi connectivity index (χ1n) is 7.43. The van der Waals surface area contributed by atoms with Crippen LogP contribution in [0.25, 0.3) is 0 Å². The molecule has 1 fully saturated rings. The summed E-state index contributed by atoms with van der Waals surface area (Å²) in [6, 6.07) is 7.75. The summed E-state index contributed by atoms with van der Waals surface area (Å²) < 4.78 is 27.3. The number of benzene rings is 1. The molecular weight excluding hydrogens is 272 g/mol. The predicted octanol–water partition coefficient (Wildman–Crippen LogP) is 2.52. The van der Waals surface area contributed by atoms with Gasteiger partial charge in [0.05, 0.1) is 5.25 Å². The van der Waals surface area contributed by atoms with E-state index in [2.05, 4.69) is 17.0 Å². The van der Waals surface area contributed by atoms with Gasteiger partial charge in [0.2, 0.25) is 10.0 Å². The van der Waals surface area contributed by atoms with Crippen LogP contribution in [-0.2, 0) is 16.4 Å². The van der Waals surface area contributed by atoms with Gasteiger partial charge in [-0.25, -0.2) is 8.42 Å². The molecule has 2 N–H and O–H groups in total. The topological polar surface area (TPSA) is 58.2 Å². The maximum atomic E-state index is 12.3. The van der Waals surface area contributed by atoms with Crippen molar-refractivity contribution in [2.24, 2.45) is 0 Å². The molecule has 0 atom stereocenters. The van der Waals surface area contributed by atoms with E-state index in [1.54, 1.807) is 0 Å². The van der Waals surface area contributed by atoms with Crippen LogP contribution >= 0.6 is 0 Å². The number of rotatable bonds is 6. The molecule has 0 saturated carbocycles. The van der Waals surface area contributed by atoms with Crippen molar-refractivity contribution in [1.29, 1.82) is 0 Å². The number of sulfonamides is 1. The molecule has 4 nitrogen and oxygen atoms in total. The van der Waals surface area contributed by atoms with Gasteiger partial charge in [0.25, 0.3) is 0 Å². The van der Waals surface area contributed by atoms with Crippen LogP contribution in [0.15, 0.2) is 24.3 Å². The second-order valence-corrected chi connectivity index (χ2v) is 7.36. The lowest BCUT2D eigenvalue weighted by atomic mass is 10.1. The minimum atomic E-state index is -3.26. The number of aryl methyl sites for hydroxylation is 1. The van der Waals surface area contributed by atoms with Gasteiger partial charge in [0.1, 0.15) is 0 Å². The van der Waals surface area contributed by atoms with Gasteiger partial charge in [0.15, 0.2) is 0 Å². The van der Waals surface area contributed by atoms with E-state index in [9.17, 15) is 8.42 Å². The van der Waals surface area contributed by atoms with Crippen molar-refractivity contribution in [3.05, 3.63) is 29.8 Å². The average molecular weight is 296 g/mol. The van der Waals surface area contributed by atoms with Crippen molar-refractivity contribution in [3.8, 4) is 0 Å². The minimum Gasteiger partial charge on any atom is -0.317 e. The lowest BCUT2D eigenvalue weighted by molar-refractivity contribution is 0.499. The zero-order chi connectivity index (χ0) is 14.4. The molecule has 0 bridgehead atoms. The highest BCUT2D eigenvalue weighted by atomic mass is 32.2. The Morgan fingerprint density at radius 2 is 1.85 bits per heavy atom. The summed E-state index contributed by atoms with van der Waals surface area (Å²) in [6.45, 7) is 3.73. The van der Waals surface area contributed by atoms with E-state index in [0.717, 1.165) is 19.5 Å². The zero-order valence-electron chi connectivity index (χ0n) is 12.1. The molecule has 0 spiro atoms. The Hall–Kier alpha value is -1.07. The Morgan fingerprint density at radius 1 is 1.20 bits per heavy atom. The van der Waals surface area contributed by atoms with Crippen molar-refractivity contribution in [1.82, 2.24) is 5.32 Å². The maximum absolute atomic E-state index is 12.3. The fourth-order valence-corrected chi connectivity index (χ4v) is 3.96. The highest BCUT2D eigenvalue weighted by Crippen LogP contribution is 2.18. The Kier molecular flexibility index (Phi) is 5.43. The molecule has 1 aliphatic heterocycles. The number of nitrogens with one attached hydrogen (secondary N) is 2. The van der Waals surface area contributed by atoms with E-state index < -0.39 is 10.0 Å². The standard InChI is InChI=1S/C15H24N2O2S/c1-2-3-4-13-5-7-14(8-6-13)17-20(18,19)15-9-11-16-12-10-15/h5-8,15-17H,2-4,9-12H2,1H3. The SMILES string of the molecule is CCCCc1ccc(NS(=O)(=O)C2CCNCC2)cc1. The molecular formula is C15H24N2O2S. The fourth-order valence-electron chi connectivity index (χ4n) is 2.47. The maximum Gasteiger partial charge on any atom is 0.235 e. The number of piperidine rings is 1. The third kappa shape index (κ3) is 4.21. The lowest BCUT2D eigenvalue weighted by Crippen LogP contribution is -2.38. The van der Waals surface area contributed by atoms with Crippen LogP contribution in [0, 0.1) is 0 Å². The van der Waals surface area contributed by atoms with E-state index in [0.29, 0.717) is 18.5 Å². The minimum absolute atomic E-state index is 0.275. The largest absolute Gasteiger partial charge is 0.317 e. The van der Waals surface area contributed by atoms with Gasteiger partial charge in [-0.2, -0.15) is 0 Å². The molecule has 0 amide bonds. The second-order valence-electron chi connectivity index (χ2n) is 5.40. The Morgan fingerprint density at radius 3 is 2.45 bits per heavy atom. The zero-order valence-corrected chi connectivity index (χ0v) is 12.9. The molecule has 1 saturated heterocycles. The summed E-state index contributed by atoms with van der Waals surface area (Å²) in [7, 11) is -3.26. The molecule has 0 aromatic heterocycles. The first kappa shape index (κ1) is 15.3. The molecule has 20 heavy (non-hydrogen) atoms. The van der Waals surface area contributed by atoms with Gasteiger partial charge in [0, 0.05) is 5.69 Å². The fraction of sp³-hybridized carbons (Fsp3) is 0.600. The monoisotopic (exact) mass is 296 g/mol. The Bertz CT molecular complexity index is 505. The molecule has 5 heteroatoms. The van der Waals surface area contributed by atoms with Gasteiger partial charge >= 0.3 is 0 Å². The quantitative estimate of drug-likeness (QED) is 0.848. The highest BCUT2D eigenvalue weighted by Gasteiger charge is 2.26. The van der Waals surface area contributed by atoms with Crippen molar-refractivity contribution in [2.45, 2.75) is 44.3 Å². The number of anilines is 1. The summed E-state index contributed by atoms with van der Waals surface area (Å²) in [5, 5.41) is 2.91. The van der Waals surface area contributed by atoms with Crippen LogP contribution in [0.2, 0.25) is 0 Å². The van der Waals surface area contributed by atoms with Crippen LogP contribution in [-0.4, -0.2) is 26.8 Å². The molecule has 2 rings (SSSR count). The highest BCUT2D eigenvalue weighted by molar-refractivity contribution is 7.93. The van der Waals surface area contributed by atoms with Crippen molar-refractivity contribution in [3.63, 3.8) is 0 Å². The summed E-state index contributed by atoms with van der Waals surface area (Å²) in [5.74, 6) is 0. The van der Waals surface area contributed by atoms with Crippen LogP contribution in [0.5, 0.6) is 0 Å². The summed E-state index contributed by atoms with van der Waals surface area (Å²) in [5.41, 5.74) is 1.93. The number of hydrogen-bond acceptors (Lipinski definition) is 3. The molecule has 1 aromatic rings. The van der Waals surface area contributed by atoms with Gasteiger partial charge in [-0.05, 0) is 56.5 Å². The van der Waals surface area contributed by atoms with E-state index in [1.807, 2.05) is 24.3 Å². The molecule has 112 valence electrons. The number of unbranched alkanes of at least 4 members (excludes halogenated alkanes) is 1. The van der Waals surface area contributed by atoms with Crippen LogP contribution in [0.3, 0.4) is 0 Å². The van der Waals surface area contributed by atoms with Crippen molar-refractivity contribution >= 4 is 15.7 Å². The van der Waals surface area contributed by atoms with E-state index in [1.165, 1.54) is 18.4 Å². The lowest BCUT2D eigenvalue weighted by Gasteiger charge is -2.23. The van der Waals surface area contributed by atoms with E-state index >= 15 is 0 Å². The Labute approximate surface area is 122 Å². The third-order valence-corrected chi connectivity index (χ3v) is 5.63. The van der Waals surface area contributed by atoms with E-state index in [-0.39, 0.29) is 5.25 Å². The van der Waals surface area contributed by atoms with Crippen LogP contribution < -0.4 is 10.0 Å². The second kappa shape index (κ2) is 7.09. The van der Waals surface area contributed by atoms with Crippen molar-refractivity contribution < 1.29 is 8.42 Å². The molecule has 0 radical (unpaired) electrons. The predicted molar refractivity (Wildman–Crippen MR) is 83.5 cm³/mol. The summed E-state index contributed by atoms with van der Waals surface area (Å²) in [6.07, 6.45) is 4.76. The first-order valence-corrected chi connectivity index (χ1v) is 8.98. The van der Waals surface area contributed by atoms with Gasteiger partial charge in [-0.1, -0.05) is 25.5 Å². The van der Waals surface area contributed by atoms with Gasteiger partial charge in [-0.15, -0.1) is 0 Å². The van der Waals surface area contributed by atoms with Crippen LogP contribution in [0.4, 0.5) is 5.69 Å². The van der Waals surface area contributed by atoms with E-state index in [4.69, 9.17) is 0 Å². The molecule has 1 aliphatic rings. The summed E-state index contributed by atoms with van der Waals surface area (Å²) in [4.78, 5) is 0. The normalized spacial score (nSPS) is 17.1. The average Bonchev–Trinajstić information content (AvgIpc) is 2.47. The van der Waals surface area contributed by atoms with Crippen LogP contribution in [0.1, 0.15) is 38.2 Å². The van der Waals surface area contributed by atoms with Crippen molar-refractivity contribution in [2.75, 3.05) is 17.8 Å².